The number of ether oxygens (including phenoxy) is 1. The number of carbonyl (C=O) groups is 2. The van der Waals surface area contributed by atoms with Gasteiger partial charge in [-0.3, -0.25) is 0 Å². The van der Waals surface area contributed by atoms with E-state index in [0.29, 0.717) is 19.6 Å². The first-order chi connectivity index (χ1) is 11.7. The van der Waals surface area contributed by atoms with E-state index in [4.69, 9.17) is 4.74 Å². The Bertz CT molecular complexity index is 608. The minimum Gasteiger partial charge on any atom is -0.444 e. The Morgan fingerprint density at radius 2 is 1.88 bits per heavy atom. The lowest BCUT2D eigenvalue weighted by molar-refractivity contribution is 0.0201. The Morgan fingerprint density at radius 3 is 2.48 bits per heavy atom. The van der Waals surface area contributed by atoms with E-state index >= 15 is 0 Å². The maximum atomic E-state index is 12.1. The summed E-state index contributed by atoms with van der Waals surface area (Å²) in [7, 11) is 0. The highest BCUT2D eigenvalue weighted by molar-refractivity contribution is 9.10. The summed E-state index contributed by atoms with van der Waals surface area (Å²) in [4.78, 5) is 25.8. The van der Waals surface area contributed by atoms with E-state index in [0.717, 1.165) is 22.9 Å². The first kappa shape index (κ1) is 19.6. The van der Waals surface area contributed by atoms with Gasteiger partial charge in [0.05, 0.1) is 0 Å². The topological polar surface area (TPSA) is 70.7 Å². The molecule has 6 nitrogen and oxygen atoms in total. The van der Waals surface area contributed by atoms with Crippen molar-refractivity contribution in [1.29, 1.82) is 0 Å². The van der Waals surface area contributed by atoms with Gasteiger partial charge in [-0.2, -0.15) is 0 Å². The summed E-state index contributed by atoms with van der Waals surface area (Å²) >= 11 is 3.46. The minimum absolute atomic E-state index is 0.0675. The van der Waals surface area contributed by atoms with Gasteiger partial charge in [0.15, 0.2) is 0 Å². The van der Waals surface area contributed by atoms with Crippen LogP contribution in [0, 0.1) is 0 Å². The molecule has 0 aliphatic carbocycles. The van der Waals surface area contributed by atoms with Crippen molar-refractivity contribution in [2.24, 2.45) is 0 Å². The number of amides is 3. The van der Waals surface area contributed by atoms with Crippen LogP contribution in [0.3, 0.4) is 0 Å². The number of halogens is 1. The Labute approximate surface area is 157 Å². The Hall–Kier alpha value is -1.76. The van der Waals surface area contributed by atoms with Crippen LogP contribution in [0.1, 0.15) is 39.2 Å². The molecule has 0 aromatic heterocycles. The zero-order valence-corrected chi connectivity index (χ0v) is 16.6. The van der Waals surface area contributed by atoms with Gasteiger partial charge >= 0.3 is 12.1 Å². The number of hydrogen-bond acceptors (Lipinski definition) is 3. The number of urea groups is 1. The number of nitrogens with zero attached hydrogens (tertiary/aromatic N) is 1. The fraction of sp³-hybridized carbons (Fsp3) is 0.556. The standard InChI is InChI=1S/C18H26BrN3O3/c1-18(2,3)25-17(24)22-10-8-14(9-11-22)21-16(23)20-12-13-6-4-5-7-15(13)19/h4-7,14H,8-12H2,1-3H3,(H2,20,21,23). The average molecular weight is 412 g/mol. The summed E-state index contributed by atoms with van der Waals surface area (Å²) in [5, 5.41) is 5.84. The molecule has 138 valence electrons. The second-order valence-electron chi connectivity index (χ2n) is 7.16. The molecule has 1 aromatic rings. The molecule has 25 heavy (non-hydrogen) atoms. The van der Waals surface area contributed by atoms with Gasteiger partial charge in [0.2, 0.25) is 0 Å². The number of benzene rings is 1. The van der Waals surface area contributed by atoms with Gasteiger partial charge in [-0.15, -0.1) is 0 Å². The van der Waals surface area contributed by atoms with Gasteiger partial charge < -0.3 is 20.3 Å². The third-order valence-electron chi connectivity index (χ3n) is 3.88. The van der Waals surface area contributed by atoms with Crippen molar-refractivity contribution in [3.05, 3.63) is 34.3 Å². The lowest BCUT2D eigenvalue weighted by atomic mass is 10.1. The summed E-state index contributed by atoms with van der Waals surface area (Å²) in [6, 6.07) is 7.66. The highest BCUT2D eigenvalue weighted by atomic mass is 79.9. The first-order valence-electron chi connectivity index (χ1n) is 8.50. The molecule has 0 bridgehead atoms. The monoisotopic (exact) mass is 411 g/mol. The quantitative estimate of drug-likeness (QED) is 0.796. The van der Waals surface area contributed by atoms with Crippen LogP contribution in [0.2, 0.25) is 0 Å². The van der Waals surface area contributed by atoms with Crippen LogP contribution in [0.4, 0.5) is 9.59 Å². The number of carbonyl (C=O) groups excluding carboxylic acids is 2. The zero-order chi connectivity index (χ0) is 18.4. The Morgan fingerprint density at radius 1 is 1.24 bits per heavy atom. The van der Waals surface area contributed by atoms with Crippen LogP contribution in [0.25, 0.3) is 0 Å². The normalized spacial score (nSPS) is 15.6. The van der Waals surface area contributed by atoms with Crippen molar-refractivity contribution in [1.82, 2.24) is 15.5 Å². The average Bonchev–Trinajstić information content (AvgIpc) is 2.53. The third kappa shape index (κ3) is 6.57. The summed E-state index contributed by atoms with van der Waals surface area (Å²) < 4.78 is 6.35. The lowest BCUT2D eigenvalue weighted by Gasteiger charge is -2.33. The van der Waals surface area contributed by atoms with Crippen molar-refractivity contribution >= 4 is 28.1 Å². The molecule has 3 amide bonds. The van der Waals surface area contributed by atoms with Gasteiger partial charge in [-0.05, 0) is 45.2 Å². The number of hydrogen-bond donors (Lipinski definition) is 2. The highest BCUT2D eigenvalue weighted by Crippen LogP contribution is 2.16. The van der Waals surface area contributed by atoms with Gasteiger partial charge in [-0.25, -0.2) is 9.59 Å². The molecule has 0 radical (unpaired) electrons. The number of likely N-dealkylation sites (tertiary alicyclic amines) is 1. The van der Waals surface area contributed by atoms with Crippen molar-refractivity contribution in [2.45, 2.75) is 51.8 Å². The van der Waals surface area contributed by atoms with Gasteiger partial charge in [-0.1, -0.05) is 34.1 Å². The number of piperidine rings is 1. The molecule has 0 unspecified atom stereocenters. The molecular weight excluding hydrogens is 386 g/mol. The van der Waals surface area contributed by atoms with Gasteiger partial charge in [0.25, 0.3) is 0 Å². The third-order valence-corrected chi connectivity index (χ3v) is 4.65. The SMILES string of the molecule is CC(C)(C)OC(=O)N1CCC(NC(=O)NCc2ccccc2Br)CC1. The molecule has 1 saturated heterocycles. The molecule has 1 heterocycles. The van der Waals surface area contributed by atoms with Crippen LogP contribution < -0.4 is 10.6 Å². The molecule has 1 aliphatic rings. The predicted molar refractivity (Wildman–Crippen MR) is 100 cm³/mol. The molecule has 0 atom stereocenters. The molecular formula is C18H26BrN3O3. The molecule has 7 heteroatoms. The van der Waals surface area contributed by atoms with E-state index in [1.54, 1.807) is 4.90 Å². The lowest BCUT2D eigenvalue weighted by Crippen LogP contribution is -2.49. The summed E-state index contributed by atoms with van der Waals surface area (Å²) in [6.07, 6.45) is 1.16. The van der Waals surface area contributed by atoms with Crippen molar-refractivity contribution in [3.63, 3.8) is 0 Å². The molecule has 1 aromatic carbocycles. The molecule has 1 fully saturated rings. The number of nitrogens with one attached hydrogen (secondary N) is 2. The van der Waals surface area contributed by atoms with Crippen LogP contribution in [0.5, 0.6) is 0 Å². The summed E-state index contributed by atoms with van der Waals surface area (Å²) in [5.41, 5.74) is 0.537. The van der Waals surface area contributed by atoms with Crippen molar-refractivity contribution < 1.29 is 14.3 Å². The van der Waals surface area contributed by atoms with Crippen LogP contribution in [-0.4, -0.2) is 41.8 Å². The Balaban J connectivity index is 1.72. The maximum absolute atomic E-state index is 12.1. The molecule has 2 N–H and O–H groups in total. The van der Waals surface area contributed by atoms with E-state index in [2.05, 4.69) is 26.6 Å². The van der Waals surface area contributed by atoms with Crippen LogP contribution >= 0.6 is 15.9 Å². The van der Waals surface area contributed by atoms with Crippen molar-refractivity contribution in [2.75, 3.05) is 13.1 Å². The first-order valence-corrected chi connectivity index (χ1v) is 9.29. The van der Waals surface area contributed by atoms with Gasteiger partial charge in [0.1, 0.15) is 5.60 Å². The van der Waals surface area contributed by atoms with E-state index in [1.165, 1.54) is 0 Å². The second-order valence-corrected chi connectivity index (χ2v) is 8.01. The molecule has 2 rings (SSSR count). The fourth-order valence-electron chi connectivity index (χ4n) is 2.59. The molecule has 1 aliphatic heterocycles. The van der Waals surface area contributed by atoms with Crippen molar-refractivity contribution in [3.8, 4) is 0 Å². The van der Waals surface area contributed by atoms with E-state index in [-0.39, 0.29) is 18.2 Å². The second kappa shape index (κ2) is 8.56. The van der Waals surface area contributed by atoms with E-state index < -0.39 is 5.60 Å². The highest BCUT2D eigenvalue weighted by Gasteiger charge is 2.27. The van der Waals surface area contributed by atoms with E-state index in [1.807, 2.05) is 45.0 Å². The summed E-state index contributed by atoms with van der Waals surface area (Å²) in [5.74, 6) is 0. The minimum atomic E-state index is -0.488. The van der Waals surface area contributed by atoms with Crippen LogP contribution in [0.15, 0.2) is 28.7 Å². The fourth-order valence-corrected chi connectivity index (χ4v) is 3.01. The molecule has 0 spiro atoms. The summed E-state index contributed by atoms with van der Waals surface area (Å²) in [6.45, 7) is 7.20. The predicted octanol–water partition coefficient (Wildman–Crippen LogP) is 3.65. The number of rotatable bonds is 3. The maximum Gasteiger partial charge on any atom is 0.410 e. The Kier molecular flexibility index (Phi) is 6.70. The zero-order valence-electron chi connectivity index (χ0n) is 15.0. The smallest absolute Gasteiger partial charge is 0.410 e. The van der Waals surface area contributed by atoms with Crippen LogP contribution in [-0.2, 0) is 11.3 Å². The molecule has 0 saturated carbocycles. The van der Waals surface area contributed by atoms with E-state index in [9.17, 15) is 9.59 Å². The largest absolute Gasteiger partial charge is 0.444 e. The van der Waals surface area contributed by atoms with Gasteiger partial charge in [0, 0.05) is 30.1 Å².